The molecule has 0 spiro atoms. The summed E-state index contributed by atoms with van der Waals surface area (Å²) >= 11 is 4.42. The van der Waals surface area contributed by atoms with E-state index in [1.165, 1.54) is 4.90 Å². The number of benzene rings is 2. The molecule has 5 nitrogen and oxygen atoms in total. The first-order valence-electron chi connectivity index (χ1n) is 8.74. The van der Waals surface area contributed by atoms with Crippen LogP contribution in [0.5, 0.6) is 11.5 Å². The topological polar surface area (TPSA) is 55.8 Å². The number of carbonyl (C=O) groups is 2. The van der Waals surface area contributed by atoms with Crippen molar-refractivity contribution in [3.05, 3.63) is 62.5 Å². The van der Waals surface area contributed by atoms with E-state index in [9.17, 15) is 9.59 Å². The number of amides is 2. The van der Waals surface area contributed by atoms with Crippen LogP contribution in [-0.4, -0.2) is 29.8 Å². The van der Waals surface area contributed by atoms with Gasteiger partial charge in [-0.3, -0.25) is 14.5 Å². The molecule has 0 aromatic heterocycles. The van der Waals surface area contributed by atoms with E-state index in [2.05, 4.69) is 15.9 Å². The van der Waals surface area contributed by atoms with Crippen LogP contribution in [0.25, 0.3) is 6.08 Å². The number of ether oxygens (including phenoxy) is 2. The Morgan fingerprint density at radius 2 is 1.96 bits per heavy atom. The molecule has 1 aliphatic heterocycles. The molecule has 1 fully saturated rings. The first-order valence-corrected chi connectivity index (χ1v) is 10.4. The van der Waals surface area contributed by atoms with Gasteiger partial charge < -0.3 is 9.47 Å². The molecule has 0 unspecified atom stereocenters. The summed E-state index contributed by atoms with van der Waals surface area (Å²) < 4.78 is 11.7. The van der Waals surface area contributed by atoms with E-state index in [0.717, 1.165) is 32.9 Å². The monoisotopic (exact) mass is 461 g/mol. The summed E-state index contributed by atoms with van der Waals surface area (Å²) in [7, 11) is 1.56. The number of halogens is 1. The third kappa shape index (κ3) is 4.25. The van der Waals surface area contributed by atoms with Gasteiger partial charge in [-0.05, 0) is 76.4 Å². The maximum absolute atomic E-state index is 12.8. The van der Waals surface area contributed by atoms with E-state index in [1.54, 1.807) is 19.3 Å². The zero-order valence-electron chi connectivity index (χ0n) is 15.8. The molecule has 1 heterocycles. The highest BCUT2D eigenvalue weighted by molar-refractivity contribution is 9.10. The van der Waals surface area contributed by atoms with Gasteiger partial charge in [-0.15, -0.1) is 0 Å². The van der Waals surface area contributed by atoms with E-state index < -0.39 is 0 Å². The van der Waals surface area contributed by atoms with Crippen molar-refractivity contribution < 1.29 is 19.1 Å². The number of hydrogen-bond donors (Lipinski definition) is 0. The molecule has 0 bridgehead atoms. The minimum absolute atomic E-state index is 0.267. The van der Waals surface area contributed by atoms with Gasteiger partial charge in [0.05, 0.1) is 29.6 Å². The number of methoxy groups -OCH3 is 1. The van der Waals surface area contributed by atoms with Crippen LogP contribution in [0, 0.1) is 6.92 Å². The van der Waals surface area contributed by atoms with Gasteiger partial charge in [-0.1, -0.05) is 24.3 Å². The number of aryl methyl sites for hydroxylation is 1. The Labute approximate surface area is 176 Å². The van der Waals surface area contributed by atoms with Gasteiger partial charge >= 0.3 is 0 Å². The zero-order valence-corrected chi connectivity index (χ0v) is 18.2. The van der Waals surface area contributed by atoms with Gasteiger partial charge in [0.2, 0.25) is 0 Å². The SMILES string of the molecule is CCOc1c(Br)cc(/C=C2\SC(=O)N(Cc3ccccc3C)C2=O)cc1OC. The highest BCUT2D eigenvalue weighted by atomic mass is 79.9. The second-order valence-electron chi connectivity index (χ2n) is 6.16. The molecule has 3 rings (SSSR count). The third-order valence-electron chi connectivity index (χ3n) is 4.30. The van der Waals surface area contributed by atoms with Crippen LogP contribution in [0.4, 0.5) is 4.79 Å². The summed E-state index contributed by atoms with van der Waals surface area (Å²) in [5.74, 6) is 0.874. The fraction of sp³-hybridized carbons (Fsp3) is 0.238. The van der Waals surface area contributed by atoms with Crippen molar-refractivity contribution >= 4 is 44.9 Å². The summed E-state index contributed by atoms with van der Waals surface area (Å²) in [5, 5.41) is -0.267. The minimum atomic E-state index is -0.290. The molecule has 1 saturated heterocycles. The Morgan fingerprint density at radius 3 is 2.64 bits per heavy atom. The lowest BCUT2D eigenvalue weighted by atomic mass is 10.1. The molecule has 0 atom stereocenters. The van der Waals surface area contributed by atoms with Crippen molar-refractivity contribution in [1.82, 2.24) is 4.90 Å². The molecule has 2 aromatic rings. The lowest BCUT2D eigenvalue weighted by Gasteiger charge is -2.14. The number of thioether (sulfide) groups is 1. The van der Waals surface area contributed by atoms with Crippen LogP contribution in [-0.2, 0) is 11.3 Å². The Kier molecular flexibility index (Phi) is 6.46. The number of rotatable bonds is 6. The van der Waals surface area contributed by atoms with Crippen LogP contribution in [0.1, 0.15) is 23.6 Å². The smallest absolute Gasteiger partial charge is 0.293 e. The highest BCUT2D eigenvalue weighted by Crippen LogP contribution is 2.39. The van der Waals surface area contributed by atoms with Gasteiger partial charge in [0.25, 0.3) is 11.1 Å². The standard InChI is InChI=1S/C21H20BrNO4S/c1-4-27-19-16(22)9-14(10-17(19)26-3)11-18-20(24)23(21(25)28-18)12-15-8-6-5-7-13(15)2/h5-11H,4,12H2,1-3H3/b18-11-. The van der Waals surface area contributed by atoms with E-state index >= 15 is 0 Å². The van der Waals surface area contributed by atoms with Crippen LogP contribution in [0.3, 0.4) is 0 Å². The fourth-order valence-electron chi connectivity index (χ4n) is 2.85. The highest BCUT2D eigenvalue weighted by Gasteiger charge is 2.35. The molecule has 2 amide bonds. The van der Waals surface area contributed by atoms with E-state index in [4.69, 9.17) is 9.47 Å². The van der Waals surface area contributed by atoms with Crippen molar-refractivity contribution in [2.75, 3.05) is 13.7 Å². The molecule has 28 heavy (non-hydrogen) atoms. The van der Waals surface area contributed by atoms with E-state index in [-0.39, 0.29) is 17.7 Å². The van der Waals surface area contributed by atoms with Gasteiger partial charge in [0.15, 0.2) is 11.5 Å². The van der Waals surface area contributed by atoms with Crippen molar-refractivity contribution in [3.63, 3.8) is 0 Å². The zero-order chi connectivity index (χ0) is 20.3. The lowest BCUT2D eigenvalue weighted by molar-refractivity contribution is -0.123. The van der Waals surface area contributed by atoms with Gasteiger partial charge in [-0.25, -0.2) is 0 Å². The number of nitrogens with zero attached hydrogens (tertiary/aromatic N) is 1. The fourth-order valence-corrected chi connectivity index (χ4v) is 4.27. The summed E-state index contributed by atoms with van der Waals surface area (Å²) in [6, 6.07) is 11.4. The Balaban J connectivity index is 1.87. The average molecular weight is 462 g/mol. The van der Waals surface area contributed by atoms with Gasteiger partial charge in [-0.2, -0.15) is 0 Å². The van der Waals surface area contributed by atoms with Gasteiger partial charge in [0, 0.05) is 0 Å². The summed E-state index contributed by atoms with van der Waals surface area (Å²) in [4.78, 5) is 26.9. The molecule has 0 saturated carbocycles. The largest absolute Gasteiger partial charge is 0.493 e. The van der Waals surface area contributed by atoms with Crippen LogP contribution >= 0.6 is 27.7 Å². The Morgan fingerprint density at radius 1 is 1.21 bits per heavy atom. The molecule has 0 aliphatic carbocycles. The second-order valence-corrected chi connectivity index (χ2v) is 8.01. The normalized spacial score (nSPS) is 15.4. The molecule has 0 N–H and O–H groups in total. The third-order valence-corrected chi connectivity index (χ3v) is 5.80. The molecular formula is C21H20BrNO4S. The van der Waals surface area contributed by atoms with E-state index in [0.29, 0.717) is 23.0 Å². The molecule has 146 valence electrons. The van der Waals surface area contributed by atoms with Crippen molar-refractivity contribution in [3.8, 4) is 11.5 Å². The van der Waals surface area contributed by atoms with Crippen LogP contribution in [0.15, 0.2) is 45.8 Å². The Bertz CT molecular complexity index is 957. The number of imide groups is 1. The predicted octanol–water partition coefficient (Wildman–Crippen LogP) is 5.40. The van der Waals surface area contributed by atoms with Crippen molar-refractivity contribution in [1.29, 1.82) is 0 Å². The molecule has 1 aliphatic rings. The minimum Gasteiger partial charge on any atom is -0.493 e. The quantitative estimate of drug-likeness (QED) is 0.538. The molecular weight excluding hydrogens is 442 g/mol. The molecule has 2 aromatic carbocycles. The van der Waals surface area contributed by atoms with Crippen molar-refractivity contribution in [2.45, 2.75) is 20.4 Å². The first-order chi connectivity index (χ1) is 13.4. The van der Waals surface area contributed by atoms with Crippen LogP contribution in [0.2, 0.25) is 0 Å². The van der Waals surface area contributed by atoms with Gasteiger partial charge in [0.1, 0.15) is 0 Å². The number of carbonyl (C=O) groups excluding carboxylic acids is 2. The maximum atomic E-state index is 12.8. The van der Waals surface area contributed by atoms with Crippen molar-refractivity contribution in [2.24, 2.45) is 0 Å². The molecule has 0 radical (unpaired) electrons. The lowest BCUT2D eigenvalue weighted by Crippen LogP contribution is -2.27. The molecule has 7 heteroatoms. The summed E-state index contributed by atoms with van der Waals surface area (Å²) in [5.41, 5.74) is 2.75. The van der Waals surface area contributed by atoms with Crippen LogP contribution < -0.4 is 9.47 Å². The second kappa shape index (κ2) is 8.84. The Hall–Kier alpha value is -2.25. The number of hydrogen-bond acceptors (Lipinski definition) is 5. The van der Waals surface area contributed by atoms with E-state index in [1.807, 2.05) is 44.2 Å². The summed E-state index contributed by atoms with van der Waals surface area (Å²) in [6.45, 7) is 4.63. The summed E-state index contributed by atoms with van der Waals surface area (Å²) in [6.07, 6.45) is 1.70. The average Bonchev–Trinajstić information content (AvgIpc) is 2.92. The first kappa shape index (κ1) is 20.5. The predicted molar refractivity (Wildman–Crippen MR) is 115 cm³/mol. The maximum Gasteiger partial charge on any atom is 0.293 e.